The van der Waals surface area contributed by atoms with Crippen molar-refractivity contribution in [2.45, 2.75) is 18.2 Å². The van der Waals surface area contributed by atoms with Crippen molar-refractivity contribution in [2.75, 3.05) is 6.61 Å². The number of hydrogen-bond acceptors (Lipinski definition) is 2. The van der Waals surface area contributed by atoms with Crippen molar-refractivity contribution >= 4 is 38.9 Å². The molecule has 1 aliphatic heterocycles. The SMILES string of the molecule is Cc1cscc1C(Br)c1cc(Cl)cc2c1OCC2. The number of ether oxygens (including phenoxy) is 1. The molecule has 1 atom stereocenters. The van der Waals surface area contributed by atoms with E-state index in [2.05, 4.69) is 33.6 Å². The van der Waals surface area contributed by atoms with Gasteiger partial charge in [0.25, 0.3) is 0 Å². The van der Waals surface area contributed by atoms with Gasteiger partial charge in [-0.3, -0.25) is 0 Å². The van der Waals surface area contributed by atoms with Crippen LogP contribution in [0, 0.1) is 6.92 Å². The number of thiophene rings is 1. The molecule has 0 saturated heterocycles. The maximum atomic E-state index is 6.20. The fourth-order valence-corrected chi connectivity index (χ4v) is 4.42. The highest BCUT2D eigenvalue weighted by atomic mass is 79.9. The molecular weight excluding hydrogens is 332 g/mol. The van der Waals surface area contributed by atoms with E-state index in [1.807, 2.05) is 12.1 Å². The number of rotatable bonds is 2. The average Bonchev–Trinajstić information content (AvgIpc) is 2.95. The zero-order chi connectivity index (χ0) is 12.7. The summed E-state index contributed by atoms with van der Waals surface area (Å²) < 4.78 is 5.76. The van der Waals surface area contributed by atoms with E-state index in [0.29, 0.717) is 0 Å². The maximum absolute atomic E-state index is 6.20. The van der Waals surface area contributed by atoms with E-state index in [1.165, 1.54) is 16.7 Å². The first-order valence-corrected chi connectivity index (χ1v) is 8.02. The molecule has 94 valence electrons. The number of benzene rings is 1. The number of aryl methyl sites for hydroxylation is 1. The molecule has 0 saturated carbocycles. The van der Waals surface area contributed by atoms with Crippen LogP contribution in [-0.2, 0) is 6.42 Å². The summed E-state index contributed by atoms with van der Waals surface area (Å²) in [5, 5.41) is 5.12. The summed E-state index contributed by atoms with van der Waals surface area (Å²) in [5.41, 5.74) is 4.94. The minimum atomic E-state index is 0.147. The number of fused-ring (bicyclic) bond motifs is 1. The van der Waals surface area contributed by atoms with E-state index < -0.39 is 0 Å². The molecule has 0 aliphatic carbocycles. The molecular formula is C14H12BrClOS. The largest absolute Gasteiger partial charge is 0.493 e. The Hall–Kier alpha value is -0.510. The Morgan fingerprint density at radius 3 is 2.89 bits per heavy atom. The summed E-state index contributed by atoms with van der Waals surface area (Å²) in [5.74, 6) is 1.01. The Labute approximate surface area is 124 Å². The van der Waals surface area contributed by atoms with Crippen molar-refractivity contribution in [1.29, 1.82) is 0 Å². The molecule has 1 unspecified atom stereocenters. The van der Waals surface area contributed by atoms with E-state index in [-0.39, 0.29) is 4.83 Å². The van der Waals surface area contributed by atoms with Gasteiger partial charge in [-0.25, -0.2) is 0 Å². The zero-order valence-corrected chi connectivity index (χ0v) is 13.0. The van der Waals surface area contributed by atoms with Crippen LogP contribution in [0.4, 0.5) is 0 Å². The second-order valence-electron chi connectivity index (χ2n) is 4.45. The van der Waals surface area contributed by atoms with Crippen LogP contribution in [0.5, 0.6) is 5.75 Å². The third kappa shape index (κ3) is 2.09. The third-order valence-electron chi connectivity index (χ3n) is 3.22. The maximum Gasteiger partial charge on any atom is 0.127 e. The summed E-state index contributed by atoms with van der Waals surface area (Å²) in [7, 11) is 0. The van der Waals surface area contributed by atoms with Gasteiger partial charge in [0.15, 0.2) is 0 Å². The Kier molecular flexibility index (Phi) is 3.39. The molecule has 1 aromatic carbocycles. The molecule has 0 spiro atoms. The molecule has 0 amide bonds. The summed E-state index contributed by atoms with van der Waals surface area (Å²) in [6.45, 7) is 2.89. The van der Waals surface area contributed by atoms with Crippen molar-refractivity contribution in [1.82, 2.24) is 0 Å². The van der Waals surface area contributed by atoms with Gasteiger partial charge in [-0.15, -0.1) is 0 Å². The predicted octanol–water partition coefficient (Wildman–Crippen LogP) is 5.13. The van der Waals surface area contributed by atoms with E-state index >= 15 is 0 Å². The Morgan fingerprint density at radius 2 is 2.17 bits per heavy atom. The molecule has 1 nitrogen and oxygen atoms in total. The fraction of sp³-hybridized carbons (Fsp3) is 0.286. The second kappa shape index (κ2) is 4.87. The molecule has 3 rings (SSSR count). The normalized spacial score (nSPS) is 15.3. The molecule has 0 N–H and O–H groups in total. The summed E-state index contributed by atoms with van der Waals surface area (Å²) in [4.78, 5) is 0.147. The van der Waals surface area contributed by atoms with Crippen LogP contribution in [0.25, 0.3) is 0 Å². The first kappa shape index (κ1) is 12.5. The van der Waals surface area contributed by atoms with Gasteiger partial charge in [0, 0.05) is 17.0 Å². The highest BCUT2D eigenvalue weighted by molar-refractivity contribution is 9.09. The van der Waals surface area contributed by atoms with Crippen LogP contribution >= 0.6 is 38.9 Å². The summed E-state index contributed by atoms with van der Waals surface area (Å²) >= 11 is 11.7. The first-order valence-electron chi connectivity index (χ1n) is 5.78. The highest BCUT2D eigenvalue weighted by Crippen LogP contribution is 2.43. The minimum Gasteiger partial charge on any atom is -0.493 e. The van der Waals surface area contributed by atoms with Gasteiger partial charge in [0.2, 0.25) is 0 Å². The number of halogens is 2. The van der Waals surface area contributed by atoms with E-state index in [0.717, 1.165) is 29.4 Å². The van der Waals surface area contributed by atoms with Crippen LogP contribution in [0.2, 0.25) is 5.02 Å². The Balaban J connectivity index is 2.10. The summed E-state index contributed by atoms with van der Waals surface area (Å²) in [6.07, 6.45) is 0.950. The predicted molar refractivity (Wildman–Crippen MR) is 80.5 cm³/mol. The average molecular weight is 344 g/mol. The van der Waals surface area contributed by atoms with Gasteiger partial charge < -0.3 is 4.74 Å². The second-order valence-corrected chi connectivity index (χ2v) is 6.55. The van der Waals surface area contributed by atoms with Crippen molar-refractivity contribution < 1.29 is 4.74 Å². The van der Waals surface area contributed by atoms with E-state index in [4.69, 9.17) is 16.3 Å². The Bertz CT molecular complexity index is 593. The highest BCUT2D eigenvalue weighted by Gasteiger charge is 2.24. The van der Waals surface area contributed by atoms with Crippen molar-refractivity contribution in [3.05, 3.63) is 50.2 Å². The molecule has 0 fully saturated rings. The molecule has 2 aromatic rings. The van der Waals surface area contributed by atoms with Gasteiger partial charge in [-0.05, 0) is 46.5 Å². The van der Waals surface area contributed by atoms with Crippen LogP contribution < -0.4 is 4.74 Å². The number of alkyl halides is 1. The van der Waals surface area contributed by atoms with Crippen LogP contribution in [0.15, 0.2) is 22.9 Å². The lowest BCUT2D eigenvalue weighted by Gasteiger charge is -2.15. The lowest BCUT2D eigenvalue weighted by atomic mass is 10.0. The lowest BCUT2D eigenvalue weighted by molar-refractivity contribution is 0.354. The van der Waals surface area contributed by atoms with Gasteiger partial charge in [-0.1, -0.05) is 27.5 Å². The van der Waals surface area contributed by atoms with Gasteiger partial charge in [0.1, 0.15) is 5.75 Å². The zero-order valence-electron chi connectivity index (χ0n) is 9.87. The third-order valence-corrected chi connectivity index (χ3v) is 5.30. The van der Waals surface area contributed by atoms with Crippen LogP contribution in [-0.4, -0.2) is 6.61 Å². The smallest absolute Gasteiger partial charge is 0.127 e. The van der Waals surface area contributed by atoms with Crippen molar-refractivity contribution in [2.24, 2.45) is 0 Å². The van der Waals surface area contributed by atoms with Gasteiger partial charge >= 0.3 is 0 Å². The van der Waals surface area contributed by atoms with Crippen molar-refractivity contribution in [3.63, 3.8) is 0 Å². The molecule has 4 heteroatoms. The topological polar surface area (TPSA) is 9.23 Å². The monoisotopic (exact) mass is 342 g/mol. The number of hydrogen-bond donors (Lipinski definition) is 0. The molecule has 18 heavy (non-hydrogen) atoms. The van der Waals surface area contributed by atoms with E-state index in [1.54, 1.807) is 11.3 Å². The first-order chi connectivity index (χ1) is 8.66. The quantitative estimate of drug-likeness (QED) is 0.687. The fourth-order valence-electron chi connectivity index (χ4n) is 2.28. The standard InChI is InChI=1S/C14H12BrClOS/c1-8-6-18-7-12(8)13(15)11-5-10(16)4-9-2-3-17-14(9)11/h4-7,13H,2-3H2,1H3. The molecule has 1 aliphatic rings. The molecule has 0 bridgehead atoms. The minimum absolute atomic E-state index is 0.147. The van der Waals surface area contributed by atoms with Gasteiger partial charge in [0.05, 0.1) is 11.4 Å². The Morgan fingerprint density at radius 1 is 1.33 bits per heavy atom. The molecule has 2 heterocycles. The van der Waals surface area contributed by atoms with Crippen LogP contribution in [0.3, 0.4) is 0 Å². The lowest BCUT2D eigenvalue weighted by Crippen LogP contribution is -1.97. The van der Waals surface area contributed by atoms with Crippen molar-refractivity contribution in [3.8, 4) is 5.75 Å². The van der Waals surface area contributed by atoms with Gasteiger partial charge in [-0.2, -0.15) is 11.3 Å². The molecule has 0 radical (unpaired) electrons. The summed E-state index contributed by atoms with van der Waals surface area (Å²) in [6, 6.07) is 4.01. The van der Waals surface area contributed by atoms with Crippen LogP contribution in [0.1, 0.15) is 27.1 Å². The molecule has 1 aromatic heterocycles. The van der Waals surface area contributed by atoms with E-state index in [9.17, 15) is 0 Å².